The molecule has 2 heterocycles. The molecule has 4 rings (SSSR count). The summed E-state index contributed by atoms with van der Waals surface area (Å²) in [7, 11) is 5.49. The van der Waals surface area contributed by atoms with Crippen molar-refractivity contribution in [2.75, 3.05) is 26.1 Å². The van der Waals surface area contributed by atoms with E-state index in [1.54, 1.807) is 24.5 Å². The molecule has 0 spiro atoms. The van der Waals surface area contributed by atoms with Gasteiger partial charge in [0.2, 0.25) is 5.95 Å². The summed E-state index contributed by atoms with van der Waals surface area (Å²) in [5.74, 6) is 1.40. The van der Waals surface area contributed by atoms with Gasteiger partial charge in [0.15, 0.2) is 0 Å². The number of hydrogen-bond donors (Lipinski definition) is 0. The maximum absolute atomic E-state index is 6.39. The zero-order valence-electron chi connectivity index (χ0n) is 14.9. The average molecular weight is 385 g/mol. The first-order valence-electron chi connectivity index (χ1n) is 8.05. The second-order valence-corrected chi connectivity index (χ2v) is 7.73. The molecule has 0 atom stereocenters. The number of thiazole rings is 1. The van der Waals surface area contributed by atoms with Gasteiger partial charge in [-0.3, -0.25) is 0 Å². The number of methoxy groups -OCH3 is 1. The van der Waals surface area contributed by atoms with Crippen molar-refractivity contribution < 1.29 is 4.74 Å². The number of rotatable bonds is 3. The highest BCUT2D eigenvalue weighted by atomic mass is 35.5. The van der Waals surface area contributed by atoms with Gasteiger partial charge >= 0.3 is 0 Å². The molecular formula is C19H17ClN4OS. The Morgan fingerprint density at radius 1 is 1.08 bits per heavy atom. The topological polar surface area (TPSA) is 51.1 Å². The summed E-state index contributed by atoms with van der Waals surface area (Å²) in [5, 5.41) is 2.46. The number of aromatic nitrogens is 3. The van der Waals surface area contributed by atoms with Crippen LogP contribution in [0.15, 0.2) is 30.5 Å². The highest BCUT2D eigenvalue weighted by Gasteiger charge is 2.15. The van der Waals surface area contributed by atoms with Crippen LogP contribution >= 0.6 is 22.9 Å². The van der Waals surface area contributed by atoms with Gasteiger partial charge in [0.05, 0.1) is 22.3 Å². The van der Waals surface area contributed by atoms with Gasteiger partial charge in [-0.05, 0) is 30.7 Å². The maximum atomic E-state index is 6.39. The molecule has 4 aromatic rings. The lowest BCUT2D eigenvalue weighted by atomic mass is 10.1. The van der Waals surface area contributed by atoms with Crippen LogP contribution in [0.5, 0.6) is 5.75 Å². The Labute approximate surface area is 160 Å². The van der Waals surface area contributed by atoms with Gasteiger partial charge in [0.25, 0.3) is 0 Å². The zero-order chi connectivity index (χ0) is 18.4. The van der Waals surface area contributed by atoms with Gasteiger partial charge in [-0.1, -0.05) is 11.6 Å². The van der Waals surface area contributed by atoms with Crippen LogP contribution in [0.4, 0.5) is 5.95 Å². The van der Waals surface area contributed by atoms with E-state index in [2.05, 4.69) is 24.0 Å². The predicted molar refractivity (Wildman–Crippen MR) is 109 cm³/mol. The normalized spacial score (nSPS) is 11.3. The second kappa shape index (κ2) is 6.37. The van der Waals surface area contributed by atoms with E-state index >= 15 is 0 Å². The Morgan fingerprint density at radius 3 is 2.62 bits per heavy atom. The third-order valence-corrected chi connectivity index (χ3v) is 5.43. The minimum absolute atomic E-state index is 0.586. The molecule has 0 fully saturated rings. The number of hydrogen-bond acceptors (Lipinski definition) is 6. The Hall–Kier alpha value is -2.44. The van der Waals surface area contributed by atoms with Gasteiger partial charge in [0.1, 0.15) is 16.3 Å². The van der Waals surface area contributed by atoms with Crippen LogP contribution in [-0.2, 0) is 0 Å². The maximum Gasteiger partial charge on any atom is 0.225 e. The van der Waals surface area contributed by atoms with Crippen LogP contribution in [0.25, 0.3) is 31.7 Å². The van der Waals surface area contributed by atoms with Crippen LogP contribution in [0.2, 0.25) is 5.02 Å². The first kappa shape index (κ1) is 17.0. The van der Waals surface area contributed by atoms with Crippen LogP contribution in [-0.4, -0.2) is 36.2 Å². The number of aryl methyl sites for hydroxylation is 1. The minimum Gasteiger partial charge on any atom is -0.497 e. The molecule has 0 aliphatic heterocycles. The second-order valence-electron chi connectivity index (χ2n) is 6.29. The summed E-state index contributed by atoms with van der Waals surface area (Å²) in [5.41, 5.74) is 3.79. The standard InChI is InChI=1S/C19H17ClN4OS/c1-10-5-11-9-21-19(24(2)3)23-16(11)13(6-10)18-22-17-14(20)7-12(25-4)8-15(17)26-18/h5-9H,1-4H3. The number of ether oxygens (including phenoxy) is 1. The van der Waals surface area contributed by atoms with Gasteiger partial charge in [0, 0.05) is 37.3 Å². The van der Waals surface area contributed by atoms with E-state index in [-0.39, 0.29) is 0 Å². The lowest BCUT2D eigenvalue weighted by molar-refractivity contribution is 0.415. The van der Waals surface area contributed by atoms with E-state index in [4.69, 9.17) is 26.3 Å². The van der Waals surface area contributed by atoms with E-state index in [1.807, 2.05) is 31.3 Å². The summed E-state index contributed by atoms with van der Waals surface area (Å²) < 4.78 is 6.30. The van der Waals surface area contributed by atoms with Crippen molar-refractivity contribution in [3.8, 4) is 16.3 Å². The SMILES string of the molecule is COc1cc(Cl)c2nc(-c3cc(C)cc4cnc(N(C)C)nc34)sc2c1. The summed E-state index contributed by atoms with van der Waals surface area (Å²) in [6.45, 7) is 2.06. The largest absolute Gasteiger partial charge is 0.497 e. The van der Waals surface area contributed by atoms with Crippen molar-refractivity contribution in [1.82, 2.24) is 15.0 Å². The number of anilines is 1. The fraction of sp³-hybridized carbons (Fsp3) is 0.211. The Balaban J connectivity index is 1.99. The quantitative estimate of drug-likeness (QED) is 0.500. The Bertz CT molecular complexity index is 1140. The van der Waals surface area contributed by atoms with E-state index in [0.29, 0.717) is 11.0 Å². The first-order valence-corrected chi connectivity index (χ1v) is 9.25. The molecule has 0 aliphatic rings. The Kier molecular flexibility index (Phi) is 4.17. The molecule has 0 saturated carbocycles. The molecule has 0 radical (unpaired) electrons. The molecule has 132 valence electrons. The smallest absolute Gasteiger partial charge is 0.225 e. The number of nitrogens with zero attached hydrogens (tertiary/aromatic N) is 4. The van der Waals surface area contributed by atoms with Crippen LogP contribution < -0.4 is 9.64 Å². The monoisotopic (exact) mass is 384 g/mol. The van der Waals surface area contributed by atoms with Gasteiger partial charge in [-0.15, -0.1) is 11.3 Å². The molecule has 5 nitrogen and oxygen atoms in total. The van der Waals surface area contributed by atoms with E-state index < -0.39 is 0 Å². The molecule has 0 unspecified atom stereocenters. The van der Waals surface area contributed by atoms with Crippen molar-refractivity contribution in [1.29, 1.82) is 0 Å². The summed E-state index contributed by atoms with van der Waals surface area (Å²) >= 11 is 7.97. The fourth-order valence-electron chi connectivity index (χ4n) is 2.86. The molecule has 0 aliphatic carbocycles. The van der Waals surface area contributed by atoms with Gasteiger partial charge in [-0.25, -0.2) is 15.0 Å². The lowest BCUT2D eigenvalue weighted by Gasteiger charge is -2.12. The van der Waals surface area contributed by atoms with Gasteiger partial charge < -0.3 is 9.64 Å². The van der Waals surface area contributed by atoms with Crippen molar-refractivity contribution in [2.24, 2.45) is 0 Å². The molecule has 2 aromatic carbocycles. The molecular weight excluding hydrogens is 368 g/mol. The highest BCUT2D eigenvalue weighted by molar-refractivity contribution is 7.21. The Morgan fingerprint density at radius 2 is 1.88 bits per heavy atom. The molecule has 0 N–H and O–H groups in total. The lowest BCUT2D eigenvalue weighted by Crippen LogP contribution is -2.12. The third kappa shape index (κ3) is 2.85. The zero-order valence-corrected chi connectivity index (χ0v) is 16.4. The number of fused-ring (bicyclic) bond motifs is 2. The summed E-state index contributed by atoms with van der Waals surface area (Å²) in [4.78, 5) is 15.8. The molecule has 7 heteroatoms. The van der Waals surface area contributed by atoms with Crippen molar-refractivity contribution in [2.45, 2.75) is 6.92 Å². The number of benzene rings is 2. The molecule has 0 saturated heterocycles. The molecule has 26 heavy (non-hydrogen) atoms. The highest BCUT2D eigenvalue weighted by Crippen LogP contribution is 2.39. The van der Waals surface area contributed by atoms with E-state index in [9.17, 15) is 0 Å². The van der Waals surface area contributed by atoms with Crippen molar-refractivity contribution >= 4 is 50.0 Å². The van der Waals surface area contributed by atoms with Crippen molar-refractivity contribution in [3.63, 3.8) is 0 Å². The summed E-state index contributed by atoms with van der Waals surface area (Å²) in [6, 6.07) is 7.94. The first-order chi connectivity index (χ1) is 12.5. The van der Waals surface area contributed by atoms with Crippen LogP contribution in [0, 0.1) is 6.92 Å². The predicted octanol–water partition coefficient (Wildman–Crippen LogP) is 4.94. The van der Waals surface area contributed by atoms with E-state index in [1.165, 1.54) is 0 Å². The van der Waals surface area contributed by atoms with Crippen LogP contribution in [0.3, 0.4) is 0 Å². The van der Waals surface area contributed by atoms with Crippen LogP contribution in [0.1, 0.15) is 5.56 Å². The summed E-state index contributed by atoms with van der Waals surface area (Å²) in [6.07, 6.45) is 1.86. The average Bonchev–Trinajstić information content (AvgIpc) is 3.05. The van der Waals surface area contributed by atoms with Gasteiger partial charge in [-0.2, -0.15) is 0 Å². The van der Waals surface area contributed by atoms with Crippen molar-refractivity contribution in [3.05, 3.63) is 41.0 Å². The molecule has 2 aromatic heterocycles. The number of halogens is 1. The van der Waals surface area contributed by atoms with E-state index in [0.717, 1.165) is 43.0 Å². The third-order valence-electron chi connectivity index (χ3n) is 4.10. The fourth-order valence-corrected chi connectivity index (χ4v) is 4.21. The molecule has 0 bridgehead atoms. The minimum atomic E-state index is 0.586. The molecule has 0 amide bonds.